The van der Waals surface area contributed by atoms with Gasteiger partial charge in [0.1, 0.15) is 6.04 Å². The third-order valence-corrected chi connectivity index (χ3v) is 5.06. The van der Waals surface area contributed by atoms with Gasteiger partial charge in [-0.25, -0.2) is 13.2 Å². The molecule has 8 heteroatoms. The van der Waals surface area contributed by atoms with Crippen molar-refractivity contribution >= 4 is 33.3 Å². The first-order chi connectivity index (χ1) is 11.7. The fraction of sp³-hybridized carbons (Fsp3) is 0.235. The van der Waals surface area contributed by atoms with E-state index in [1.54, 1.807) is 24.3 Å². The monoisotopic (exact) mass is 383 g/mol. The molecule has 6 nitrogen and oxygen atoms in total. The number of sulfonamides is 1. The SMILES string of the molecule is CS(=O)(=O)N(c1ccc(-c2ccc(Cl)cc2)cc1)[C@@H](CCO)C(=O)O. The van der Waals surface area contributed by atoms with E-state index in [0.717, 1.165) is 21.7 Å². The number of hydrogen-bond donors (Lipinski definition) is 2. The summed E-state index contributed by atoms with van der Waals surface area (Å²) in [7, 11) is -3.84. The van der Waals surface area contributed by atoms with E-state index in [4.69, 9.17) is 16.7 Å². The molecule has 0 spiro atoms. The lowest BCUT2D eigenvalue weighted by Gasteiger charge is -2.28. The molecule has 0 aliphatic carbocycles. The lowest BCUT2D eigenvalue weighted by Crippen LogP contribution is -2.45. The van der Waals surface area contributed by atoms with Gasteiger partial charge in [0.25, 0.3) is 0 Å². The number of carboxylic acid groups (broad SMARTS) is 1. The Morgan fingerprint density at radius 3 is 1.96 bits per heavy atom. The number of carboxylic acids is 1. The molecule has 2 N–H and O–H groups in total. The van der Waals surface area contributed by atoms with Gasteiger partial charge in [-0.05, 0) is 35.4 Å². The molecule has 0 saturated carbocycles. The first-order valence-electron chi connectivity index (χ1n) is 7.43. The van der Waals surface area contributed by atoms with Crippen LogP contribution in [-0.4, -0.2) is 43.5 Å². The van der Waals surface area contributed by atoms with Crippen molar-refractivity contribution in [2.45, 2.75) is 12.5 Å². The number of aliphatic hydroxyl groups is 1. The second-order valence-electron chi connectivity index (χ2n) is 5.48. The molecule has 0 aliphatic rings. The van der Waals surface area contributed by atoms with Crippen LogP contribution in [0.5, 0.6) is 0 Å². The number of benzene rings is 2. The Balaban J connectivity index is 2.42. The van der Waals surface area contributed by atoms with Gasteiger partial charge in [0.05, 0.1) is 11.9 Å². The van der Waals surface area contributed by atoms with Crippen LogP contribution in [0, 0.1) is 0 Å². The summed E-state index contributed by atoms with van der Waals surface area (Å²) in [4.78, 5) is 11.4. The summed E-state index contributed by atoms with van der Waals surface area (Å²) < 4.78 is 25.0. The molecule has 0 amide bonds. The maximum atomic E-state index is 12.1. The maximum Gasteiger partial charge on any atom is 0.327 e. The van der Waals surface area contributed by atoms with E-state index >= 15 is 0 Å². The van der Waals surface area contributed by atoms with Gasteiger partial charge in [-0.2, -0.15) is 0 Å². The molecule has 0 saturated heterocycles. The molecule has 0 aliphatic heterocycles. The number of hydrogen-bond acceptors (Lipinski definition) is 4. The second kappa shape index (κ2) is 7.86. The Bertz CT molecular complexity index is 834. The van der Waals surface area contributed by atoms with Crippen molar-refractivity contribution in [2.24, 2.45) is 0 Å². The van der Waals surface area contributed by atoms with Gasteiger partial charge in [-0.3, -0.25) is 4.31 Å². The van der Waals surface area contributed by atoms with Crippen LogP contribution >= 0.6 is 11.6 Å². The van der Waals surface area contributed by atoms with Crippen molar-refractivity contribution in [1.82, 2.24) is 0 Å². The van der Waals surface area contributed by atoms with Crippen LogP contribution < -0.4 is 4.31 Å². The minimum absolute atomic E-state index is 0.207. The molecule has 1 atom stereocenters. The average Bonchev–Trinajstić information content (AvgIpc) is 2.54. The summed E-state index contributed by atoms with van der Waals surface area (Å²) in [6, 6.07) is 12.3. The smallest absolute Gasteiger partial charge is 0.327 e. The molecule has 25 heavy (non-hydrogen) atoms. The van der Waals surface area contributed by atoms with Crippen molar-refractivity contribution in [1.29, 1.82) is 0 Å². The second-order valence-corrected chi connectivity index (χ2v) is 7.77. The number of rotatable bonds is 7. The first kappa shape index (κ1) is 19.2. The molecular formula is C17H18ClNO5S. The van der Waals surface area contributed by atoms with Crippen molar-refractivity contribution < 1.29 is 23.4 Å². The van der Waals surface area contributed by atoms with E-state index in [1.807, 2.05) is 12.1 Å². The molecule has 0 fully saturated rings. The standard InChI is InChI=1S/C17H18ClNO5S/c1-25(23,24)19(16(10-11-20)17(21)22)15-8-4-13(5-9-15)12-2-6-14(18)7-3-12/h2-9,16,20H,10-11H2,1H3,(H,21,22)/t16-/m0/s1. The van der Waals surface area contributed by atoms with E-state index in [9.17, 15) is 18.3 Å². The molecule has 2 aromatic carbocycles. The van der Waals surface area contributed by atoms with Gasteiger partial charge in [-0.1, -0.05) is 35.9 Å². The van der Waals surface area contributed by atoms with Gasteiger partial charge in [0.15, 0.2) is 0 Å². The highest BCUT2D eigenvalue weighted by molar-refractivity contribution is 7.92. The third kappa shape index (κ3) is 4.72. The zero-order valence-corrected chi connectivity index (χ0v) is 15.0. The van der Waals surface area contributed by atoms with Crippen LogP contribution in [-0.2, 0) is 14.8 Å². The first-order valence-corrected chi connectivity index (χ1v) is 9.65. The average molecular weight is 384 g/mol. The highest BCUT2D eigenvalue weighted by Gasteiger charge is 2.32. The predicted octanol–water partition coefficient (Wildman–Crippen LogP) is 2.61. The molecule has 0 aromatic heterocycles. The number of nitrogens with zero attached hydrogens (tertiary/aromatic N) is 1. The molecule has 2 aromatic rings. The summed E-state index contributed by atoms with van der Waals surface area (Å²) in [6.07, 6.45) is 0.731. The molecular weight excluding hydrogens is 366 g/mol. The minimum Gasteiger partial charge on any atom is -0.480 e. The Morgan fingerprint density at radius 1 is 1.08 bits per heavy atom. The van der Waals surface area contributed by atoms with Crippen LogP contribution in [0.25, 0.3) is 11.1 Å². The fourth-order valence-corrected chi connectivity index (χ4v) is 3.80. The van der Waals surface area contributed by atoms with E-state index < -0.39 is 28.6 Å². The Morgan fingerprint density at radius 2 is 1.56 bits per heavy atom. The van der Waals surface area contributed by atoms with Crippen LogP contribution in [0.2, 0.25) is 5.02 Å². The number of carbonyl (C=O) groups is 1. The van der Waals surface area contributed by atoms with E-state index in [0.29, 0.717) is 5.02 Å². The quantitative estimate of drug-likeness (QED) is 0.766. The molecule has 0 radical (unpaired) electrons. The van der Waals surface area contributed by atoms with E-state index in [2.05, 4.69) is 0 Å². The maximum absolute atomic E-state index is 12.1. The lowest BCUT2D eigenvalue weighted by molar-refractivity contribution is -0.138. The summed E-state index contributed by atoms with van der Waals surface area (Å²) in [5.74, 6) is -1.32. The van der Waals surface area contributed by atoms with Crippen molar-refractivity contribution in [3.8, 4) is 11.1 Å². The number of halogens is 1. The molecule has 0 heterocycles. The molecule has 0 unspecified atom stereocenters. The van der Waals surface area contributed by atoms with E-state index in [-0.39, 0.29) is 12.1 Å². The molecule has 0 bridgehead atoms. The van der Waals surface area contributed by atoms with E-state index in [1.165, 1.54) is 12.1 Å². The van der Waals surface area contributed by atoms with Crippen LogP contribution in [0.3, 0.4) is 0 Å². The van der Waals surface area contributed by atoms with Crippen LogP contribution in [0.4, 0.5) is 5.69 Å². The lowest BCUT2D eigenvalue weighted by atomic mass is 10.1. The zero-order chi connectivity index (χ0) is 18.6. The van der Waals surface area contributed by atoms with Crippen LogP contribution in [0.1, 0.15) is 6.42 Å². The van der Waals surface area contributed by atoms with Gasteiger partial charge < -0.3 is 10.2 Å². The highest BCUT2D eigenvalue weighted by Crippen LogP contribution is 2.27. The number of aliphatic hydroxyl groups excluding tert-OH is 1. The van der Waals surface area contributed by atoms with Gasteiger partial charge in [-0.15, -0.1) is 0 Å². The Labute approximate surface area is 151 Å². The predicted molar refractivity (Wildman–Crippen MR) is 97.3 cm³/mol. The topological polar surface area (TPSA) is 94.9 Å². The van der Waals surface area contributed by atoms with Gasteiger partial charge in [0, 0.05) is 18.1 Å². The summed E-state index contributed by atoms with van der Waals surface area (Å²) in [5.41, 5.74) is 1.95. The third-order valence-electron chi connectivity index (χ3n) is 3.63. The minimum atomic E-state index is -3.84. The Kier molecular flexibility index (Phi) is 6.05. The summed E-state index contributed by atoms with van der Waals surface area (Å²) in [6.45, 7) is -0.439. The van der Waals surface area contributed by atoms with Gasteiger partial charge >= 0.3 is 5.97 Å². The van der Waals surface area contributed by atoms with Crippen LogP contribution in [0.15, 0.2) is 48.5 Å². The molecule has 2 rings (SSSR count). The number of anilines is 1. The van der Waals surface area contributed by atoms with Crippen molar-refractivity contribution in [3.63, 3.8) is 0 Å². The Hall–Kier alpha value is -2.09. The summed E-state index contributed by atoms with van der Waals surface area (Å²) in [5, 5.41) is 19.0. The highest BCUT2D eigenvalue weighted by atomic mass is 35.5. The fourth-order valence-electron chi connectivity index (χ4n) is 2.51. The number of aliphatic carboxylic acids is 1. The van der Waals surface area contributed by atoms with Gasteiger partial charge in [0.2, 0.25) is 10.0 Å². The normalized spacial score (nSPS) is 12.6. The van der Waals surface area contributed by atoms with Crippen molar-refractivity contribution in [3.05, 3.63) is 53.6 Å². The largest absolute Gasteiger partial charge is 0.480 e. The summed E-state index contributed by atoms with van der Waals surface area (Å²) >= 11 is 5.86. The molecule has 134 valence electrons. The zero-order valence-electron chi connectivity index (χ0n) is 13.5. The van der Waals surface area contributed by atoms with Crippen molar-refractivity contribution in [2.75, 3.05) is 17.2 Å².